The van der Waals surface area contributed by atoms with Crippen molar-refractivity contribution in [2.75, 3.05) is 13.1 Å². The van der Waals surface area contributed by atoms with E-state index in [0.29, 0.717) is 24.8 Å². The molecule has 7 atom stereocenters. The Morgan fingerprint density at radius 3 is 2.51 bits per heavy atom. The summed E-state index contributed by atoms with van der Waals surface area (Å²) >= 11 is 0. The van der Waals surface area contributed by atoms with E-state index in [0.717, 1.165) is 31.2 Å². The number of aliphatic hydroxyl groups excluding tert-OH is 1. The number of carbonyl (C=O) groups is 2. The Hall–Kier alpha value is -2.74. The van der Waals surface area contributed by atoms with E-state index in [9.17, 15) is 24.3 Å². The number of aliphatic hydroxyl groups is 1. The molecule has 2 aliphatic carbocycles. The third kappa shape index (κ3) is 5.91. The number of amides is 2. The lowest BCUT2D eigenvalue weighted by Gasteiger charge is -2.36. The maximum atomic E-state index is 13.8. The van der Waals surface area contributed by atoms with Gasteiger partial charge in [-0.3, -0.25) is 14.6 Å². The molecule has 0 radical (unpaired) electrons. The van der Waals surface area contributed by atoms with Crippen LogP contribution in [0.4, 0.5) is 9.18 Å². The van der Waals surface area contributed by atoms with Crippen LogP contribution in [-0.4, -0.2) is 81.0 Å². The van der Waals surface area contributed by atoms with Gasteiger partial charge in [0.1, 0.15) is 23.5 Å². The first kappa shape index (κ1) is 27.8. The standard InChI is InChI=1S/C29H40FN5O4/c1-5-21-15-33(28(38)35(21)25(17-6-7-17)18-8-10-20(30)11-9-18)16-23(32-27(37)39-29(2,3)4)26(36)34-22(14-31)12-19-13-24(19)34/h8-11,17,19,21-25,28,38H,5-7,12-13,15-16H2,1-4H3,(H,32,37)/t19?,21?,22?,23-,24?,25?,28?/m0/s1. The second-order valence-electron chi connectivity index (χ2n) is 12.5. The minimum Gasteiger partial charge on any atom is -0.444 e. The van der Waals surface area contributed by atoms with Crippen molar-refractivity contribution in [3.63, 3.8) is 0 Å². The molecule has 39 heavy (non-hydrogen) atoms. The van der Waals surface area contributed by atoms with Crippen molar-refractivity contribution in [2.45, 2.75) is 102 Å². The lowest BCUT2D eigenvalue weighted by atomic mass is 9.99. The summed E-state index contributed by atoms with van der Waals surface area (Å²) in [4.78, 5) is 32.2. The highest BCUT2D eigenvalue weighted by molar-refractivity contribution is 5.87. The van der Waals surface area contributed by atoms with Gasteiger partial charge in [-0.15, -0.1) is 0 Å². The number of hydrogen-bond donors (Lipinski definition) is 2. The molecule has 2 amide bonds. The van der Waals surface area contributed by atoms with Gasteiger partial charge in [0, 0.05) is 31.2 Å². The average molecular weight is 542 g/mol. The predicted octanol–water partition coefficient (Wildman–Crippen LogP) is 3.36. The summed E-state index contributed by atoms with van der Waals surface area (Å²) in [5.41, 5.74) is 0.220. The van der Waals surface area contributed by atoms with Crippen molar-refractivity contribution in [3.8, 4) is 6.07 Å². The van der Waals surface area contributed by atoms with Crippen molar-refractivity contribution in [1.29, 1.82) is 5.26 Å². The molecule has 2 aliphatic heterocycles. The summed E-state index contributed by atoms with van der Waals surface area (Å²) in [5.74, 6) is 0.0970. The molecule has 2 heterocycles. The van der Waals surface area contributed by atoms with Crippen LogP contribution < -0.4 is 5.32 Å². The molecule has 0 aromatic heterocycles. The minimum atomic E-state index is -0.986. The first-order valence-corrected chi connectivity index (χ1v) is 14.2. The van der Waals surface area contributed by atoms with Crippen molar-refractivity contribution in [1.82, 2.24) is 20.0 Å². The van der Waals surface area contributed by atoms with E-state index >= 15 is 0 Å². The molecule has 4 fully saturated rings. The summed E-state index contributed by atoms with van der Waals surface area (Å²) in [6.07, 6.45) is 2.70. The molecule has 1 aromatic carbocycles. The smallest absolute Gasteiger partial charge is 0.408 e. The lowest BCUT2D eigenvalue weighted by molar-refractivity contribution is -0.137. The monoisotopic (exact) mass is 541 g/mol. The number of rotatable bonds is 8. The largest absolute Gasteiger partial charge is 0.444 e. The quantitative estimate of drug-likeness (QED) is 0.520. The molecular formula is C29H40FN5O4. The molecule has 9 nitrogen and oxygen atoms in total. The van der Waals surface area contributed by atoms with E-state index in [4.69, 9.17) is 4.74 Å². The van der Waals surface area contributed by atoms with Gasteiger partial charge in [0.2, 0.25) is 5.91 Å². The molecule has 5 rings (SSSR count). The number of piperidine rings is 1. The second-order valence-corrected chi connectivity index (χ2v) is 12.5. The zero-order valence-corrected chi connectivity index (χ0v) is 23.2. The van der Waals surface area contributed by atoms with Crippen molar-refractivity contribution < 1.29 is 23.8 Å². The van der Waals surface area contributed by atoms with Gasteiger partial charge < -0.3 is 20.1 Å². The second kappa shape index (κ2) is 10.7. The third-order valence-corrected chi connectivity index (χ3v) is 8.45. The van der Waals surface area contributed by atoms with Gasteiger partial charge in [0.05, 0.1) is 6.07 Å². The zero-order chi connectivity index (χ0) is 28.1. The van der Waals surface area contributed by atoms with Crippen LogP contribution in [-0.2, 0) is 9.53 Å². The molecule has 10 heteroatoms. The summed E-state index contributed by atoms with van der Waals surface area (Å²) < 4.78 is 19.2. The molecule has 0 bridgehead atoms. The summed E-state index contributed by atoms with van der Waals surface area (Å²) in [6.45, 7) is 7.93. The van der Waals surface area contributed by atoms with Crippen molar-refractivity contribution in [2.24, 2.45) is 11.8 Å². The molecule has 4 aliphatic rings. The third-order valence-electron chi connectivity index (χ3n) is 8.45. The Balaban J connectivity index is 1.38. The Bertz CT molecular complexity index is 1110. The fourth-order valence-electron chi connectivity index (χ4n) is 6.41. The first-order valence-electron chi connectivity index (χ1n) is 14.2. The van der Waals surface area contributed by atoms with Gasteiger partial charge >= 0.3 is 6.09 Å². The van der Waals surface area contributed by atoms with E-state index < -0.39 is 30.1 Å². The number of halogens is 1. The number of hydrogen-bond acceptors (Lipinski definition) is 7. The first-order chi connectivity index (χ1) is 18.5. The van der Waals surface area contributed by atoms with Gasteiger partial charge in [-0.05, 0) is 82.4 Å². The van der Waals surface area contributed by atoms with Crippen LogP contribution >= 0.6 is 0 Å². The van der Waals surface area contributed by atoms with Crippen LogP contribution in [0.25, 0.3) is 0 Å². The van der Waals surface area contributed by atoms with E-state index in [1.54, 1.807) is 37.8 Å². The highest BCUT2D eigenvalue weighted by Gasteiger charge is 2.56. The summed E-state index contributed by atoms with van der Waals surface area (Å²) in [5, 5.41) is 24.1. The van der Waals surface area contributed by atoms with Crippen LogP contribution in [0.15, 0.2) is 24.3 Å². The number of carbonyl (C=O) groups excluding carboxylic acids is 2. The normalized spacial score (nSPS) is 30.4. The maximum absolute atomic E-state index is 13.8. The average Bonchev–Trinajstić information content (AvgIpc) is 3.80. The Kier molecular flexibility index (Phi) is 7.61. The van der Waals surface area contributed by atoms with E-state index in [1.165, 1.54) is 12.1 Å². The Morgan fingerprint density at radius 2 is 1.92 bits per heavy atom. The van der Waals surface area contributed by atoms with Gasteiger partial charge in [-0.2, -0.15) is 5.26 Å². The van der Waals surface area contributed by atoms with Crippen molar-refractivity contribution >= 4 is 12.0 Å². The highest BCUT2D eigenvalue weighted by Crippen LogP contribution is 2.49. The highest BCUT2D eigenvalue weighted by atomic mass is 19.1. The Morgan fingerprint density at radius 1 is 1.23 bits per heavy atom. The maximum Gasteiger partial charge on any atom is 0.408 e. The molecule has 2 saturated carbocycles. The van der Waals surface area contributed by atoms with Gasteiger partial charge in [0.25, 0.3) is 0 Å². The SMILES string of the molecule is CCC1CN(C[C@H](NC(=O)OC(C)(C)C)C(=O)N2C(C#N)CC3CC32)C(O)N1C(c1ccc(F)cc1)C1CC1. The number of nitrogens with zero attached hydrogens (tertiary/aromatic N) is 4. The summed E-state index contributed by atoms with van der Waals surface area (Å²) in [7, 11) is 0. The molecule has 1 aromatic rings. The van der Waals surface area contributed by atoms with Gasteiger partial charge in [-0.25, -0.2) is 9.18 Å². The van der Waals surface area contributed by atoms with Crippen LogP contribution in [0.3, 0.4) is 0 Å². The van der Waals surface area contributed by atoms with Crippen LogP contribution in [0, 0.1) is 29.0 Å². The van der Waals surface area contributed by atoms with Gasteiger partial charge in [-0.1, -0.05) is 19.1 Å². The number of nitriles is 1. The number of benzene rings is 1. The fraction of sp³-hybridized carbons (Fsp3) is 0.690. The van der Waals surface area contributed by atoms with Crippen molar-refractivity contribution in [3.05, 3.63) is 35.6 Å². The van der Waals surface area contributed by atoms with E-state index in [1.807, 2.05) is 4.90 Å². The Labute approximate surface area is 229 Å². The number of likely N-dealkylation sites (tertiary alicyclic amines) is 1. The molecule has 212 valence electrons. The zero-order valence-electron chi connectivity index (χ0n) is 23.2. The van der Waals surface area contributed by atoms with E-state index in [2.05, 4.69) is 23.2 Å². The molecular weight excluding hydrogens is 501 g/mol. The minimum absolute atomic E-state index is 0.0133. The fourth-order valence-corrected chi connectivity index (χ4v) is 6.41. The number of fused-ring (bicyclic) bond motifs is 1. The van der Waals surface area contributed by atoms with E-state index in [-0.39, 0.29) is 36.4 Å². The number of nitrogens with one attached hydrogen (secondary N) is 1. The molecule has 2 saturated heterocycles. The predicted molar refractivity (Wildman–Crippen MR) is 141 cm³/mol. The lowest BCUT2D eigenvalue weighted by Crippen LogP contribution is -2.57. The molecule has 0 spiro atoms. The van der Waals surface area contributed by atoms with Crippen LogP contribution in [0.5, 0.6) is 0 Å². The summed E-state index contributed by atoms with van der Waals surface area (Å²) in [6, 6.07) is 7.23. The van der Waals surface area contributed by atoms with Crippen LogP contribution in [0.1, 0.15) is 71.4 Å². The molecule has 6 unspecified atom stereocenters. The van der Waals surface area contributed by atoms with Gasteiger partial charge in [0.15, 0.2) is 6.35 Å². The number of ether oxygens (including phenoxy) is 1. The topological polar surface area (TPSA) is 109 Å². The van der Waals surface area contributed by atoms with Crippen LogP contribution in [0.2, 0.25) is 0 Å². The number of alkyl carbamates (subject to hydrolysis) is 1. The molecule has 2 N–H and O–H groups in total.